The Morgan fingerprint density at radius 3 is 2.59 bits per heavy atom. The number of fused-ring (bicyclic) bond motifs is 2. The summed E-state index contributed by atoms with van der Waals surface area (Å²) in [7, 11) is 1.76. The van der Waals surface area contributed by atoms with Crippen LogP contribution in [0.2, 0.25) is 10.0 Å². The highest BCUT2D eigenvalue weighted by Crippen LogP contribution is 2.36. The Bertz CT molecular complexity index is 945. The predicted octanol–water partition coefficient (Wildman–Crippen LogP) is 5.00. The molecule has 0 amide bonds. The zero-order chi connectivity index (χ0) is 22.1. The second-order valence-electron chi connectivity index (χ2n) is 9.45. The Balaban J connectivity index is 1.17. The molecule has 0 aromatic heterocycles. The summed E-state index contributed by atoms with van der Waals surface area (Å²) in [5, 5.41) is 1.31. The molecule has 172 valence electrons. The van der Waals surface area contributed by atoms with Gasteiger partial charge in [-0.25, -0.2) is 0 Å². The summed E-state index contributed by atoms with van der Waals surface area (Å²) in [5.41, 5.74) is 4.09. The van der Waals surface area contributed by atoms with Crippen molar-refractivity contribution in [1.82, 2.24) is 9.80 Å². The number of anilines is 1. The Morgan fingerprint density at radius 2 is 1.78 bits per heavy atom. The Hall–Kier alpha value is -1.46. The van der Waals surface area contributed by atoms with E-state index in [2.05, 4.69) is 39.0 Å². The fourth-order valence-corrected chi connectivity index (χ4v) is 6.28. The Morgan fingerprint density at radius 1 is 0.938 bits per heavy atom. The highest BCUT2D eigenvalue weighted by Gasteiger charge is 2.35. The lowest BCUT2D eigenvalue weighted by Crippen LogP contribution is -2.53. The summed E-state index contributed by atoms with van der Waals surface area (Å²) in [4.78, 5) is 7.75. The summed E-state index contributed by atoms with van der Waals surface area (Å²) in [6.45, 7) is 7.69. The van der Waals surface area contributed by atoms with Gasteiger partial charge in [0.1, 0.15) is 5.75 Å². The van der Waals surface area contributed by atoms with Crippen molar-refractivity contribution in [3.8, 4) is 5.75 Å². The molecule has 0 bridgehead atoms. The molecule has 2 saturated heterocycles. The van der Waals surface area contributed by atoms with E-state index in [1.54, 1.807) is 7.11 Å². The predicted molar refractivity (Wildman–Crippen MR) is 134 cm³/mol. The second kappa shape index (κ2) is 9.80. The van der Waals surface area contributed by atoms with E-state index in [0.29, 0.717) is 16.1 Å². The highest BCUT2D eigenvalue weighted by molar-refractivity contribution is 6.43. The molecule has 2 atom stereocenters. The van der Waals surface area contributed by atoms with Crippen LogP contribution in [0.15, 0.2) is 36.4 Å². The smallest absolute Gasteiger partial charge is 0.119 e. The van der Waals surface area contributed by atoms with Crippen molar-refractivity contribution < 1.29 is 4.74 Å². The lowest BCUT2D eigenvalue weighted by molar-refractivity contribution is 0.0726. The number of hydrogen-bond donors (Lipinski definition) is 0. The number of ether oxygens (including phenoxy) is 1. The topological polar surface area (TPSA) is 19.0 Å². The number of nitrogens with zero attached hydrogens (tertiary/aromatic N) is 3. The molecule has 2 heterocycles. The molecule has 0 unspecified atom stereocenters. The van der Waals surface area contributed by atoms with E-state index in [9.17, 15) is 0 Å². The lowest BCUT2D eigenvalue weighted by atomic mass is 9.75. The van der Waals surface area contributed by atoms with Gasteiger partial charge in [0, 0.05) is 45.3 Å². The maximum atomic E-state index is 6.44. The molecule has 3 aliphatic rings. The third-order valence-electron chi connectivity index (χ3n) is 7.71. The molecule has 2 aromatic carbocycles. The van der Waals surface area contributed by atoms with Gasteiger partial charge in [-0.2, -0.15) is 0 Å². The van der Waals surface area contributed by atoms with Gasteiger partial charge < -0.3 is 9.64 Å². The first-order valence-electron chi connectivity index (χ1n) is 11.9. The third-order valence-corrected chi connectivity index (χ3v) is 8.51. The molecule has 5 rings (SSSR count). The van der Waals surface area contributed by atoms with Crippen molar-refractivity contribution in [2.45, 2.75) is 31.7 Å². The average Bonchev–Trinajstić information content (AvgIpc) is 2.83. The first-order valence-corrected chi connectivity index (χ1v) is 12.7. The van der Waals surface area contributed by atoms with E-state index in [1.807, 2.05) is 12.1 Å². The lowest BCUT2D eigenvalue weighted by Gasteiger charge is -2.45. The van der Waals surface area contributed by atoms with Gasteiger partial charge >= 0.3 is 0 Å². The van der Waals surface area contributed by atoms with E-state index in [-0.39, 0.29) is 0 Å². The number of piperazine rings is 1. The zero-order valence-corrected chi connectivity index (χ0v) is 20.4. The van der Waals surface area contributed by atoms with Gasteiger partial charge in [0.05, 0.1) is 22.8 Å². The summed E-state index contributed by atoms with van der Waals surface area (Å²) in [6, 6.07) is 13.3. The number of rotatable bonds is 5. The largest absolute Gasteiger partial charge is 0.497 e. The van der Waals surface area contributed by atoms with Crippen molar-refractivity contribution in [1.29, 1.82) is 0 Å². The van der Waals surface area contributed by atoms with Crippen molar-refractivity contribution in [2.24, 2.45) is 5.92 Å². The molecule has 6 heteroatoms. The van der Waals surface area contributed by atoms with Crippen LogP contribution in [-0.2, 0) is 12.8 Å². The fraction of sp³-hybridized carbons (Fsp3) is 0.538. The van der Waals surface area contributed by atoms with Crippen LogP contribution in [0.5, 0.6) is 5.75 Å². The van der Waals surface area contributed by atoms with Crippen LogP contribution in [-0.4, -0.2) is 68.8 Å². The monoisotopic (exact) mass is 473 g/mol. The fourth-order valence-electron chi connectivity index (χ4n) is 5.87. The van der Waals surface area contributed by atoms with Crippen molar-refractivity contribution in [2.75, 3.05) is 57.8 Å². The first kappa shape index (κ1) is 22.3. The van der Waals surface area contributed by atoms with Crippen molar-refractivity contribution >= 4 is 28.9 Å². The van der Waals surface area contributed by atoms with Crippen LogP contribution in [0.4, 0.5) is 5.69 Å². The van der Waals surface area contributed by atoms with E-state index >= 15 is 0 Å². The minimum Gasteiger partial charge on any atom is -0.497 e. The summed E-state index contributed by atoms with van der Waals surface area (Å²) in [6.07, 6.45) is 5.08. The molecule has 0 radical (unpaired) electrons. The van der Waals surface area contributed by atoms with E-state index in [4.69, 9.17) is 27.9 Å². The van der Waals surface area contributed by atoms with Gasteiger partial charge in [-0.3, -0.25) is 9.80 Å². The van der Waals surface area contributed by atoms with Crippen LogP contribution in [0.25, 0.3) is 0 Å². The summed E-state index contributed by atoms with van der Waals surface area (Å²) in [5.74, 6) is 1.79. The molecule has 2 fully saturated rings. The maximum Gasteiger partial charge on any atom is 0.119 e. The molecule has 1 aliphatic carbocycles. The zero-order valence-electron chi connectivity index (χ0n) is 18.9. The Labute approximate surface area is 202 Å². The standard InChI is InChI=1S/C26H33Cl2N3O/c1-32-22-8-7-19-16-20-4-3-9-30(25(20)18-21(19)17-22)13-10-29-11-14-31(15-12-29)24-6-2-5-23(27)26(24)28/h2,5-8,17,20,25H,3-4,9-16,18H2,1H3/t20-,25+/m0/s1. The quantitative estimate of drug-likeness (QED) is 0.607. The van der Waals surface area contributed by atoms with Gasteiger partial charge in [-0.15, -0.1) is 0 Å². The van der Waals surface area contributed by atoms with Crippen LogP contribution >= 0.6 is 23.2 Å². The molecule has 32 heavy (non-hydrogen) atoms. The normalized spacial score (nSPS) is 24.2. The minimum absolute atomic E-state index is 0.637. The molecule has 0 saturated carbocycles. The number of likely N-dealkylation sites (tertiary alicyclic amines) is 1. The van der Waals surface area contributed by atoms with Crippen LogP contribution in [0.1, 0.15) is 24.0 Å². The SMILES string of the molecule is COc1ccc2c(c1)C[C@@H]1[C@@H](CCCN1CCN1CCN(c3cccc(Cl)c3Cl)CC1)C2. The van der Waals surface area contributed by atoms with Crippen molar-refractivity contribution in [3.63, 3.8) is 0 Å². The van der Waals surface area contributed by atoms with Crippen LogP contribution < -0.4 is 9.64 Å². The summed E-state index contributed by atoms with van der Waals surface area (Å²) >= 11 is 12.7. The van der Waals surface area contributed by atoms with Crippen molar-refractivity contribution in [3.05, 3.63) is 57.6 Å². The third kappa shape index (κ3) is 4.61. The van der Waals surface area contributed by atoms with E-state index < -0.39 is 0 Å². The molecular weight excluding hydrogens is 441 g/mol. The maximum absolute atomic E-state index is 6.44. The molecular formula is C26H33Cl2N3O. The molecule has 4 nitrogen and oxygen atoms in total. The first-order chi connectivity index (χ1) is 15.6. The van der Waals surface area contributed by atoms with Gasteiger partial charge in [0.15, 0.2) is 0 Å². The van der Waals surface area contributed by atoms with Gasteiger partial charge in [-0.1, -0.05) is 35.3 Å². The minimum atomic E-state index is 0.637. The highest BCUT2D eigenvalue weighted by atomic mass is 35.5. The number of methoxy groups -OCH3 is 1. The number of halogens is 2. The number of piperidine rings is 1. The van der Waals surface area contributed by atoms with Gasteiger partial charge in [0.25, 0.3) is 0 Å². The molecule has 2 aliphatic heterocycles. The van der Waals surface area contributed by atoms with E-state index in [0.717, 1.165) is 56.5 Å². The van der Waals surface area contributed by atoms with Gasteiger partial charge in [-0.05, 0) is 73.5 Å². The van der Waals surface area contributed by atoms with Crippen LogP contribution in [0.3, 0.4) is 0 Å². The average molecular weight is 474 g/mol. The van der Waals surface area contributed by atoms with Crippen LogP contribution in [0, 0.1) is 5.92 Å². The Kier molecular flexibility index (Phi) is 6.84. The molecule has 0 spiro atoms. The molecule has 0 N–H and O–H groups in total. The van der Waals surface area contributed by atoms with Gasteiger partial charge in [0.2, 0.25) is 0 Å². The van der Waals surface area contributed by atoms with E-state index in [1.165, 1.54) is 43.5 Å². The molecule has 2 aromatic rings. The number of benzene rings is 2. The number of hydrogen-bond acceptors (Lipinski definition) is 4. The summed E-state index contributed by atoms with van der Waals surface area (Å²) < 4.78 is 5.48. The second-order valence-corrected chi connectivity index (χ2v) is 10.2.